The summed E-state index contributed by atoms with van der Waals surface area (Å²) in [5, 5.41) is 15.7. The van der Waals surface area contributed by atoms with E-state index in [1.807, 2.05) is 0 Å². The molecule has 0 heterocycles. The number of halogens is 2. The highest BCUT2D eigenvalue weighted by Crippen LogP contribution is 2.21. The van der Waals surface area contributed by atoms with Crippen molar-refractivity contribution in [2.75, 3.05) is 0 Å². The molecule has 0 amide bonds. The van der Waals surface area contributed by atoms with Gasteiger partial charge < -0.3 is 10.2 Å². The fourth-order valence-corrected chi connectivity index (χ4v) is 0.892. The van der Waals surface area contributed by atoms with Crippen molar-refractivity contribution in [2.24, 2.45) is 0 Å². The maximum Gasteiger partial charge on any atom is 0.300 e. The fraction of sp³-hybridized carbons (Fsp3) is 0.182. The molecule has 1 rings (SSSR count). The average Bonchev–Trinajstić information content (AvgIpc) is 2.20. The summed E-state index contributed by atoms with van der Waals surface area (Å²) in [6.45, 7) is 2.17. The van der Waals surface area contributed by atoms with Gasteiger partial charge in [-0.15, -0.1) is 0 Å². The molecule has 0 saturated carbocycles. The number of benzene rings is 1. The Hall–Kier alpha value is -1.59. The smallest absolute Gasteiger partial charge is 0.300 e. The first-order valence-electron chi connectivity index (χ1n) is 4.50. The maximum absolute atomic E-state index is 10.2. The summed E-state index contributed by atoms with van der Waals surface area (Å²) in [5.41, 5.74) is 0.536. The normalized spacial score (nSPS) is 8.00. The van der Waals surface area contributed by atoms with Gasteiger partial charge in [-0.2, -0.15) is 0 Å². The van der Waals surface area contributed by atoms with Gasteiger partial charge in [-0.05, 0) is 12.1 Å². The van der Waals surface area contributed by atoms with Crippen molar-refractivity contribution in [3.8, 4) is 0 Å². The van der Waals surface area contributed by atoms with Gasteiger partial charge in [0.05, 0.1) is 10.0 Å². The molecule has 0 aliphatic rings. The molecule has 5 nitrogen and oxygen atoms in total. The molecule has 7 heteroatoms. The van der Waals surface area contributed by atoms with Crippen LogP contribution in [0.4, 0.5) is 0 Å². The predicted octanol–water partition coefficient (Wildman–Crippen LogP) is 2.99. The van der Waals surface area contributed by atoms with E-state index in [1.54, 1.807) is 12.1 Å². The summed E-state index contributed by atoms with van der Waals surface area (Å²) >= 11 is 11.2. The summed E-state index contributed by atoms with van der Waals surface area (Å²) in [6, 6.07) is 4.73. The van der Waals surface area contributed by atoms with Crippen LogP contribution < -0.4 is 0 Å². The molecule has 0 bridgehead atoms. The highest BCUT2D eigenvalue weighted by atomic mass is 35.5. The Morgan fingerprint density at radius 3 is 1.72 bits per heavy atom. The Morgan fingerprint density at radius 1 is 1.06 bits per heavy atom. The van der Waals surface area contributed by atoms with Crippen LogP contribution in [-0.4, -0.2) is 28.4 Å². The van der Waals surface area contributed by atoms with E-state index in [2.05, 4.69) is 0 Å². The van der Waals surface area contributed by atoms with Crippen molar-refractivity contribution in [1.82, 2.24) is 0 Å². The standard InChI is InChI=1S/C7H4Cl2O.2C2H4O2/c8-6-2-1-5(4-10)3-7(6)9;2*1-2(3)4/h1-4H;2*1H3,(H,3,4). The van der Waals surface area contributed by atoms with Crippen molar-refractivity contribution >= 4 is 41.4 Å². The second-order valence-corrected chi connectivity index (χ2v) is 3.64. The molecular formula is C11H12Cl2O5. The van der Waals surface area contributed by atoms with Gasteiger partial charge >= 0.3 is 0 Å². The van der Waals surface area contributed by atoms with E-state index in [-0.39, 0.29) is 0 Å². The summed E-state index contributed by atoms with van der Waals surface area (Å²) in [6.07, 6.45) is 0.724. The second kappa shape index (κ2) is 10.6. The van der Waals surface area contributed by atoms with Crippen LogP contribution in [0.3, 0.4) is 0 Å². The van der Waals surface area contributed by atoms with Crippen LogP contribution in [0.15, 0.2) is 18.2 Å². The van der Waals surface area contributed by atoms with Gasteiger partial charge in [-0.1, -0.05) is 29.3 Å². The highest BCUT2D eigenvalue weighted by Gasteiger charge is 1.96. The lowest BCUT2D eigenvalue weighted by molar-refractivity contribution is -0.135. The molecule has 100 valence electrons. The Morgan fingerprint density at radius 2 is 1.44 bits per heavy atom. The molecule has 0 atom stereocenters. The van der Waals surface area contributed by atoms with Crippen molar-refractivity contribution in [1.29, 1.82) is 0 Å². The lowest BCUT2D eigenvalue weighted by Crippen LogP contribution is -1.78. The first-order chi connectivity index (χ1) is 8.20. The molecule has 0 saturated heterocycles. The number of carbonyl (C=O) groups excluding carboxylic acids is 1. The minimum absolute atomic E-state index is 0.409. The molecule has 0 radical (unpaired) electrons. The van der Waals surface area contributed by atoms with Gasteiger partial charge in [0, 0.05) is 19.4 Å². The van der Waals surface area contributed by atoms with Gasteiger partial charge in [0.25, 0.3) is 11.9 Å². The van der Waals surface area contributed by atoms with E-state index < -0.39 is 11.9 Å². The molecule has 0 unspecified atom stereocenters. The van der Waals surface area contributed by atoms with E-state index in [0.29, 0.717) is 15.6 Å². The van der Waals surface area contributed by atoms with Crippen molar-refractivity contribution in [2.45, 2.75) is 13.8 Å². The number of carbonyl (C=O) groups is 3. The van der Waals surface area contributed by atoms with Crippen molar-refractivity contribution < 1.29 is 24.6 Å². The molecule has 0 aromatic heterocycles. The second-order valence-electron chi connectivity index (χ2n) is 2.83. The molecule has 0 aliphatic heterocycles. The third-order valence-electron chi connectivity index (χ3n) is 1.08. The molecule has 2 N–H and O–H groups in total. The lowest BCUT2D eigenvalue weighted by Gasteiger charge is -1.93. The number of carboxylic acid groups (broad SMARTS) is 2. The monoisotopic (exact) mass is 294 g/mol. The number of hydrogen-bond acceptors (Lipinski definition) is 3. The molecule has 0 spiro atoms. The lowest BCUT2D eigenvalue weighted by atomic mass is 10.2. The zero-order valence-corrected chi connectivity index (χ0v) is 11.2. The van der Waals surface area contributed by atoms with Crippen molar-refractivity contribution in [3.05, 3.63) is 33.8 Å². The van der Waals surface area contributed by atoms with Crippen LogP contribution in [0.2, 0.25) is 10.0 Å². The van der Waals surface area contributed by atoms with E-state index in [4.69, 9.17) is 43.0 Å². The number of rotatable bonds is 1. The van der Waals surface area contributed by atoms with Gasteiger partial charge in [0.2, 0.25) is 0 Å². The van der Waals surface area contributed by atoms with Crippen LogP contribution in [0.1, 0.15) is 24.2 Å². The Bertz CT molecular complexity index is 398. The molecule has 0 aliphatic carbocycles. The quantitative estimate of drug-likeness (QED) is 0.777. The third-order valence-corrected chi connectivity index (χ3v) is 1.82. The van der Waals surface area contributed by atoms with Gasteiger partial charge in [-0.25, -0.2) is 0 Å². The SMILES string of the molecule is CC(=O)O.CC(=O)O.O=Cc1ccc(Cl)c(Cl)c1. The Labute approximate surface area is 114 Å². The Kier molecular flexibility index (Phi) is 11.0. The topological polar surface area (TPSA) is 91.7 Å². The summed E-state index contributed by atoms with van der Waals surface area (Å²) in [4.78, 5) is 28.2. The van der Waals surface area contributed by atoms with Gasteiger partial charge in [0.1, 0.15) is 6.29 Å². The first kappa shape index (κ1) is 18.8. The van der Waals surface area contributed by atoms with Gasteiger partial charge in [-0.3, -0.25) is 14.4 Å². The molecular weight excluding hydrogens is 283 g/mol. The average molecular weight is 295 g/mol. The van der Waals surface area contributed by atoms with E-state index >= 15 is 0 Å². The summed E-state index contributed by atoms with van der Waals surface area (Å²) in [7, 11) is 0. The Balaban J connectivity index is 0. The molecule has 1 aromatic rings. The number of hydrogen-bond donors (Lipinski definition) is 2. The molecule has 1 aromatic carbocycles. The van der Waals surface area contributed by atoms with E-state index in [0.717, 1.165) is 20.1 Å². The third kappa shape index (κ3) is 14.4. The maximum atomic E-state index is 10.2. The zero-order chi connectivity index (χ0) is 14.7. The van der Waals surface area contributed by atoms with Crippen LogP contribution in [0.5, 0.6) is 0 Å². The highest BCUT2D eigenvalue weighted by molar-refractivity contribution is 6.42. The minimum Gasteiger partial charge on any atom is -0.481 e. The predicted molar refractivity (Wildman–Crippen MR) is 68.5 cm³/mol. The largest absolute Gasteiger partial charge is 0.481 e. The summed E-state index contributed by atoms with van der Waals surface area (Å²) < 4.78 is 0. The number of carboxylic acids is 2. The minimum atomic E-state index is -0.833. The molecule has 18 heavy (non-hydrogen) atoms. The van der Waals surface area contributed by atoms with Crippen LogP contribution >= 0.6 is 23.2 Å². The first-order valence-corrected chi connectivity index (χ1v) is 5.25. The summed E-state index contributed by atoms with van der Waals surface area (Å²) in [5.74, 6) is -1.67. The van der Waals surface area contributed by atoms with Crippen LogP contribution in [-0.2, 0) is 9.59 Å². The van der Waals surface area contributed by atoms with Gasteiger partial charge in [0.15, 0.2) is 0 Å². The van der Waals surface area contributed by atoms with E-state index in [1.165, 1.54) is 6.07 Å². The fourth-order valence-electron chi connectivity index (χ4n) is 0.586. The number of aliphatic carboxylic acids is 2. The van der Waals surface area contributed by atoms with Crippen molar-refractivity contribution in [3.63, 3.8) is 0 Å². The zero-order valence-electron chi connectivity index (χ0n) is 9.68. The molecule has 0 fully saturated rings. The van der Waals surface area contributed by atoms with Crippen LogP contribution in [0.25, 0.3) is 0 Å². The number of aldehydes is 1. The van der Waals surface area contributed by atoms with E-state index in [9.17, 15) is 4.79 Å². The van der Waals surface area contributed by atoms with Crippen LogP contribution in [0, 0.1) is 0 Å².